The normalized spacial score (nSPS) is 19.5. The van der Waals surface area contributed by atoms with Gasteiger partial charge in [0, 0.05) is 5.54 Å². The van der Waals surface area contributed by atoms with E-state index in [0.717, 1.165) is 11.8 Å². The maximum Gasteiger partial charge on any atom is 0.0226 e. The predicted molar refractivity (Wildman–Crippen MR) is 83.4 cm³/mol. The molecule has 3 unspecified atom stereocenters. The number of hydrogen-bond donors (Lipinski definition) is 0. The van der Waals surface area contributed by atoms with E-state index in [9.17, 15) is 0 Å². The first-order chi connectivity index (χ1) is 7.41. The minimum atomic E-state index is 0.347. The van der Waals surface area contributed by atoms with Gasteiger partial charge in [-0.15, -0.1) is 0 Å². The zero-order valence-corrected chi connectivity index (χ0v) is 14.2. The van der Waals surface area contributed by atoms with E-state index in [-0.39, 0.29) is 0 Å². The average Bonchev–Trinajstić information content (AvgIpc) is 2.26. The van der Waals surface area contributed by atoms with E-state index in [1.54, 1.807) is 0 Å². The number of halogens is 1. The summed E-state index contributed by atoms with van der Waals surface area (Å²) in [6, 6.07) is 0. The Labute approximate surface area is 117 Å². The van der Waals surface area contributed by atoms with E-state index in [1.807, 2.05) is 0 Å². The molecule has 0 heterocycles. The van der Waals surface area contributed by atoms with Gasteiger partial charge in [0.15, 0.2) is 0 Å². The first-order valence-corrected chi connectivity index (χ1v) is 8.17. The van der Waals surface area contributed by atoms with E-state index in [4.69, 9.17) is 0 Å². The van der Waals surface area contributed by atoms with Gasteiger partial charge in [-0.05, 0) is 50.1 Å². The number of nitrogens with zero attached hydrogens (tertiary/aromatic N) is 1. The first-order valence-electron chi connectivity index (χ1n) is 6.64. The molecule has 0 spiro atoms. The Morgan fingerprint density at radius 1 is 1.12 bits per heavy atom. The Balaban J connectivity index is 4.51. The van der Waals surface area contributed by atoms with Gasteiger partial charge < -0.3 is 4.90 Å². The van der Waals surface area contributed by atoms with Crippen LogP contribution >= 0.6 is 22.6 Å². The highest BCUT2D eigenvalue weighted by Gasteiger charge is 2.37. The highest BCUT2D eigenvalue weighted by molar-refractivity contribution is 14.1. The van der Waals surface area contributed by atoms with Crippen molar-refractivity contribution in [2.75, 3.05) is 18.5 Å². The molecular weight excluding hydrogens is 309 g/mol. The lowest BCUT2D eigenvalue weighted by molar-refractivity contribution is 0.0413. The summed E-state index contributed by atoms with van der Waals surface area (Å²) < 4.78 is 1.30. The van der Waals surface area contributed by atoms with Crippen molar-refractivity contribution in [3.63, 3.8) is 0 Å². The van der Waals surface area contributed by atoms with Gasteiger partial charge in [-0.2, -0.15) is 0 Å². The lowest BCUT2D eigenvalue weighted by atomic mass is 9.73. The minimum Gasteiger partial charge on any atom is -0.303 e. The van der Waals surface area contributed by atoms with Gasteiger partial charge in [0.05, 0.1) is 0 Å². The van der Waals surface area contributed by atoms with Crippen LogP contribution < -0.4 is 0 Å². The lowest BCUT2D eigenvalue weighted by Crippen LogP contribution is -2.51. The molecule has 0 saturated heterocycles. The van der Waals surface area contributed by atoms with Gasteiger partial charge in [-0.25, -0.2) is 0 Å². The van der Waals surface area contributed by atoms with E-state index in [0.29, 0.717) is 5.54 Å². The quantitative estimate of drug-likeness (QED) is 0.355. The standard InChI is InChI=1S/C14H30IN/c1-7-12(2)14(4,16(5)6)13(3)10-8-9-11-15/h12-13H,7-11H2,1-6H3. The molecule has 0 aliphatic rings. The molecule has 0 aliphatic heterocycles. The van der Waals surface area contributed by atoms with Crippen molar-refractivity contribution >= 4 is 22.6 Å². The smallest absolute Gasteiger partial charge is 0.0226 e. The largest absolute Gasteiger partial charge is 0.303 e. The molecule has 0 rings (SSSR count). The number of rotatable bonds is 8. The van der Waals surface area contributed by atoms with Gasteiger partial charge in [0.2, 0.25) is 0 Å². The van der Waals surface area contributed by atoms with Crippen molar-refractivity contribution in [1.82, 2.24) is 4.90 Å². The zero-order valence-electron chi connectivity index (χ0n) is 12.0. The molecule has 16 heavy (non-hydrogen) atoms. The highest BCUT2D eigenvalue weighted by atomic mass is 127. The molecule has 0 aliphatic carbocycles. The van der Waals surface area contributed by atoms with Crippen LogP contribution in [0.3, 0.4) is 0 Å². The van der Waals surface area contributed by atoms with E-state index in [2.05, 4.69) is 69.3 Å². The fourth-order valence-corrected chi connectivity index (χ4v) is 3.16. The van der Waals surface area contributed by atoms with Gasteiger partial charge in [-0.1, -0.05) is 56.2 Å². The Kier molecular flexibility index (Phi) is 8.25. The molecule has 0 amide bonds. The summed E-state index contributed by atoms with van der Waals surface area (Å²) in [4.78, 5) is 2.44. The van der Waals surface area contributed by atoms with Gasteiger partial charge in [0.1, 0.15) is 0 Å². The van der Waals surface area contributed by atoms with Crippen molar-refractivity contribution in [2.45, 2.75) is 58.9 Å². The minimum absolute atomic E-state index is 0.347. The fraction of sp³-hybridized carbons (Fsp3) is 1.00. The van der Waals surface area contributed by atoms with Crippen LogP contribution in [0.25, 0.3) is 0 Å². The third-order valence-corrected chi connectivity index (χ3v) is 5.35. The van der Waals surface area contributed by atoms with E-state index < -0.39 is 0 Å². The molecule has 98 valence electrons. The van der Waals surface area contributed by atoms with Crippen molar-refractivity contribution in [2.24, 2.45) is 11.8 Å². The summed E-state index contributed by atoms with van der Waals surface area (Å²) in [6.07, 6.45) is 5.38. The molecule has 0 aromatic rings. The Morgan fingerprint density at radius 3 is 2.06 bits per heavy atom. The summed E-state index contributed by atoms with van der Waals surface area (Å²) in [6.45, 7) is 9.58. The molecule has 0 fully saturated rings. The molecule has 0 N–H and O–H groups in total. The topological polar surface area (TPSA) is 3.24 Å². The van der Waals surface area contributed by atoms with Crippen molar-refractivity contribution in [3.05, 3.63) is 0 Å². The van der Waals surface area contributed by atoms with Gasteiger partial charge in [0.25, 0.3) is 0 Å². The van der Waals surface area contributed by atoms with E-state index >= 15 is 0 Å². The second-order valence-electron chi connectivity index (χ2n) is 5.52. The Morgan fingerprint density at radius 2 is 1.69 bits per heavy atom. The van der Waals surface area contributed by atoms with Crippen LogP contribution in [0.2, 0.25) is 0 Å². The van der Waals surface area contributed by atoms with Crippen LogP contribution in [-0.4, -0.2) is 29.0 Å². The predicted octanol–water partition coefficient (Wildman–Crippen LogP) is 4.59. The highest BCUT2D eigenvalue weighted by Crippen LogP contribution is 2.35. The molecule has 0 radical (unpaired) electrons. The molecular formula is C14H30IN. The Hall–Kier alpha value is 0.690. The lowest BCUT2D eigenvalue weighted by Gasteiger charge is -2.46. The summed E-state index contributed by atoms with van der Waals surface area (Å²) in [5.74, 6) is 1.54. The number of unbranched alkanes of at least 4 members (excludes halogenated alkanes) is 1. The number of hydrogen-bond acceptors (Lipinski definition) is 1. The van der Waals surface area contributed by atoms with Crippen molar-refractivity contribution in [3.8, 4) is 0 Å². The maximum absolute atomic E-state index is 2.48. The Bertz CT molecular complexity index is 182. The van der Waals surface area contributed by atoms with Crippen molar-refractivity contribution < 1.29 is 0 Å². The van der Waals surface area contributed by atoms with Crippen LogP contribution in [0.4, 0.5) is 0 Å². The summed E-state index contributed by atoms with van der Waals surface area (Å²) >= 11 is 2.48. The molecule has 1 nitrogen and oxygen atoms in total. The summed E-state index contributed by atoms with van der Waals surface area (Å²) in [5.41, 5.74) is 0.347. The van der Waals surface area contributed by atoms with Gasteiger partial charge in [-0.3, -0.25) is 0 Å². The molecule has 0 aromatic carbocycles. The summed E-state index contributed by atoms with van der Waals surface area (Å²) in [7, 11) is 4.47. The third kappa shape index (κ3) is 4.17. The second-order valence-corrected chi connectivity index (χ2v) is 6.59. The maximum atomic E-state index is 2.48. The zero-order chi connectivity index (χ0) is 12.8. The first kappa shape index (κ1) is 16.7. The molecule has 0 saturated carbocycles. The summed E-state index contributed by atoms with van der Waals surface area (Å²) in [5, 5.41) is 0. The SMILES string of the molecule is CCC(C)C(C)(C(C)CCCCI)N(C)C. The number of alkyl halides is 1. The van der Waals surface area contributed by atoms with Crippen LogP contribution in [0, 0.1) is 11.8 Å². The second kappa shape index (κ2) is 7.91. The van der Waals surface area contributed by atoms with Crippen LogP contribution in [0.1, 0.15) is 53.4 Å². The molecule has 0 aromatic heterocycles. The monoisotopic (exact) mass is 339 g/mol. The third-order valence-electron chi connectivity index (χ3n) is 4.59. The van der Waals surface area contributed by atoms with Crippen LogP contribution in [-0.2, 0) is 0 Å². The van der Waals surface area contributed by atoms with Crippen LogP contribution in [0.5, 0.6) is 0 Å². The molecule has 0 bridgehead atoms. The average molecular weight is 339 g/mol. The van der Waals surface area contributed by atoms with Crippen LogP contribution in [0.15, 0.2) is 0 Å². The van der Waals surface area contributed by atoms with Gasteiger partial charge >= 0.3 is 0 Å². The fourth-order valence-electron chi connectivity index (χ4n) is 2.62. The van der Waals surface area contributed by atoms with Crippen molar-refractivity contribution in [1.29, 1.82) is 0 Å². The van der Waals surface area contributed by atoms with E-state index in [1.165, 1.54) is 30.1 Å². The molecule has 3 atom stereocenters. The molecule has 2 heteroatoms.